The van der Waals surface area contributed by atoms with Crippen LogP contribution in [0.5, 0.6) is 5.75 Å². The number of benzene rings is 2. The lowest BCUT2D eigenvalue weighted by Crippen LogP contribution is -2.40. The lowest BCUT2D eigenvalue weighted by molar-refractivity contribution is -0.122. The van der Waals surface area contributed by atoms with Crippen molar-refractivity contribution in [1.82, 2.24) is 10.2 Å². The van der Waals surface area contributed by atoms with Gasteiger partial charge in [-0.05, 0) is 55.6 Å². The van der Waals surface area contributed by atoms with Gasteiger partial charge in [-0.1, -0.05) is 24.3 Å². The lowest BCUT2D eigenvalue weighted by Gasteiger charge is -2.27. The summed E-state index contributed by atoms with van der Waals surface area (Å²) in [5.74, 6) is -0.816. The summed E-state index contributed by atoms with van der Waals surface area (Å²) in [4.78, 5) is 14.2. The number of likely N-dealkylation sites (tertiary alicyclic amines) is 1. The van der Waals surface area contributed by atoms with E-state index < -0.39 is 11.4 Å². The van der Waals surface area contributed by atoms with Gasteiger partial charge >= 0.3 is 0 Å². The molecule has 29 heavy (non-hydrogen) atoms. The van der Waals surface area contributed by atoms with Crippen LogP contribution in [0.1, 0.15) is 24.8 Å². The largest absolute Gasteiger partial charge is 0.488 e. The zero-order chi connectivity index (χ0) is 20.7. The van der Waals surface area contributed by atoms with Crippen LogP contribution in [0.4, 0.5) is 8.78 Å². The average molecular weight is 404 g/mol. The van der Waals surface area contributed by atoms with Crippen molar-refractivity contribution in [2.45, 2.75) is 31.4 Å². The number of hydrogen-bond acceptors (Lipinski definition) is 4. The Morgan fingerprint density at radius 2 is 1.97 bits per heavy atom. The molecule has 2 aromatic rings. The van der Waals surface area contributed by atoms with Gasteiger partial charge < -0.3 is 15.2 Å². The molecule has 1 atom stereocenters. The van der Waals surface area contributed by atoms with E-state index in [1.807, 2.05) is 4.90 Å². The molecule has 1 aliphatic rings. The molecule has 2 N–H and O–H groups in total. The summed E-state index contributed by atoms with van der Waals surface area (Å²) in [5.41, 5.74) is -0.358. The lowest BCUT2D eigenvalue weighted by atomic mass is 9.96. The summed E-state index contributed by atoms with van der Waals surface area (Å²) < 4.78 is 32.4. The van der Waals surface area contributed by atoms with Crippen LogP contribution in [0.2, 0.25) is 0 Å². The highest BCUT2D eigenvalue weighted by Gasteiger charge is 2.31. The van der Waals surface area contributed by atoms with E-state index in [1.54, 1.807) is 24.3 Å². The Morgan fingerprint density at radius 1 is 1.14 bits per heavy atom. The molecule has 1 heterocycles. The van der Waals surface area contributed by atoms with Crippen LogP contribution in [0.25, 0.3) is 0 Å². The van der Waals surface area contributed by atoms with E-state index in [2.05, 4.69) is 5.32 Å². The molecule has 1 aliphatic heterocycles. The molecule has 0 bridgehead atoms. The van der Waals surface area contributed by atoms with Crippen molar-refractivity contribution < 1.29 is 23.4 Å². The van der Waals surface area contributed by atoms with Gasteiger partial charge in [0.25, 0.3) is 0 Å². The molecule has 3 rings (SSSR count). The van der Waals surface area contributed by atoms with Crippen molar-refractivity contribution >= 4 is 5.91 Å². The minimum absolute atomic E-state index is 0.00748. The molecule has 0 aliphatic carbocycles. The predicted molar refractivity (Wildman–Crippen MR) is 105 cm³/mol. The number of hydrogen-bond donors (Lipinski definition) is 2. The second-order valence-corrected chi connectivity index (χ2v) is 7.48. The Bertz CT molecular complexity index is 833. The molecular weight excluding hydrogens is 378 g/mol. The summed E-state index contributed by atoms with van der Waals surface area (Å²) in [6, 6.07) is 12.2. The summed E-state index contributed by atoms with van der Waals surface area (Å²) in [6.07, 6.45) is 1.65. The Kier molecular flexibility index (Phi) is 7.17. The molecule has 1 amide bonds. The van der Waals surface area contributed by atoms with Crippen molar-refractivity contribution in [3.8, 4) is 5.75 Å². The first-order chi connectivity index (χ1) is 13.9. The second-order valence-electron chi connectivity index (χ2n) is 7.48. The molecule has 1 saturated heterocycles. The number of rotatable bonds is 7. The van der Waals surface area contributed by atoms with Crippen molar-refractivity contribution in [1.29, 1.82) is 0 Å². The minimum Gasteiger partial charge on any atom is -0.488 e. The van der Waals surface area contributed by atoms with Gasteiger partial charge in [0, 0.05) is 13.1 Å². The molecule has 1 fully saturated rings. The molecular formula is C22H26F2N2O3. The van der Waals surface area contributed by atoms with Crippen molar-refractivity contribution in [3.63, 3.8) is 0 Å². The van der Waals surface area contributed by atoms with Crippen LogP contribution < -0.4 is 10.1 Å². The summed E-state index contributed by atoms with van der Waals surface area (Å²) in [7, 11) is 0. The Morgan fingerprint density at radius 3 is 2.76 bits per heavy atom. The molecule has 156 valence electrons. The maximum atomic E-state index is 13.7. The number of para-hydroxylation sites is 1. The zero-order valence-electron chi connectivity index (χ0n) is 16.2. The molecule has 0 aromatic heterocycles. The molecule has 0 spiro atoms. The first kappa shape index (κ1) is 21.2. The molecule has 0 saturated carbocycles. The number of halogens is 2. The average Bonchev–Trinajstić information content (AvgIpc) is 2.88. The van der Waals surface area contributed by atoms with Crippen molar-refractivity contribution in [2.75, 3.05) is 26.2 Å². The number of nitrogens with zero attached hydrogens (tertiary/aromatic N) is 1. The van der Waals surface area contributed by atoms with Crippen LogP contribution in [-0.2, 0) is 11.3 Å². The number of amides is 1. The highest BCUT2D eigenvalue weighted by atomic mass is 19.1. The normalized spacial score (nSPS) is 20.1. The number of carbonyl (C=O) groups is 1. The fourth-order valence-corrected chi connectivity index (χ4v) is 3.42. The topological polar surface area (TPSA) is 61.8 Å². The summed E-state index contributed by atoms with van der Waals surface area (Å²) in [6.45, 7) is 1.69. The van der Waals surface area contributed by atoms with E-state index >= 15 is 0 Å². The highest BCUT2D eigenvalue weighted by molar-refractivity contribution is 5.78. The maximum Gasteiger partial charge on any atom is 0.234 e. The monoisotopic (exact) mass is 404 g/mol. The Labute approximate surface area is 169 Å². The van der Waals surface area contributed by atoms with Crippen LogP contribution in [0.15, 0.2) is 48.5 Å². The standard InChI is InChI=1S/C22H26F2N2O3/c23-18-6-3-5-17(13-18)14-25-21(27)15-26-11-4-9-22(28,10-12-26)16-29-20-8-2-1-7-19(20)24/h1-3,5-8,13,28H,4,9-12,14-16H2,(H,25,27)/t22-/m0/s1. The molecule has 0 radical (unpaired) electrons. The molecule has 2 aromatic carbocycles. The predicted octanol–water partition coefficient (Wildman–Crippen LogP) is 2.88. The van der Waals surface area contributed by atoms with Crippen LogP contribution in [-0.4, -0.2) is 47.8 Å². The van der Waals surface area contributed by atoms with Gasteiger partial charge in [0.1, 0.15) is 12.4 Å². The number of carbonyl (C=O) groups excluding carboxylic acids is 1. The Balaban J connectivity index is 1.45. The SMILES string of the molecule is O=C(CN1CCC[C@@](O)(COc2ccccc2F)CC1)NCc1cccc(F)c1. The zero-order valence-corrected chi connectivity index (χ0v) is 16.2. The fraction of sp³-hybridized carbons (Fsp3) is 0.409. The van der Waals surface area contributed by atoms with Crippen LogP contribution >= 0.6 is 0 Å². The van der Waals surface area contributed by atoms with Gasteiger partial charge in [-0.3, -0.25) is 9.69 Å². The van der Waals surface area contributed by atoms with E-state index in [0.29, 0.717) is 37.9 Å². The Hall–Kier alpha value is -2.51. The third-order valence-corrected chi connectivity index (χ3v) is 5.09. The van der Waals surface area contributed by atoms with Gasteiger partial charge in [0.05, 0.1) is 12.1 Å². The van der Waals surface area contributed by atoms with Gasteiger partial charge in [-0.2, -0.15) is 0 Å². The second kappa shape index (κ2) is 9.80. The van der Waals surface area contributed by atoms with E-state index in [-0.39, 0.29) is 37.2 Å². The van der Waals surface area contributed by atoms with Gasteiger partial charge in [-0.25, -0.2) is 8.78 Å². The number of ether oxygens (including phenoxy) is 1. The van der Waals surface area contributed by atoms with Crippen molar-refractivity contribution in [2.24, 2.45) is 0 Å². The highest BCUT2D eigenvalue weighted by Crippen LogP contribution is 2.25. The van der Waals surface area contributed by atoms with Gasteiger partial charge in [0.15, 0.2) is 11.6 Å². The molecule has 7 heteroatoms. The summed E-state index contributed by atoms with van der Waals surface area (Å²) >= 11 is 0. The van der Waals surface area contributed by atoms with E-state index in [0.717, 1.165) is 0 Å². The quantitative estimate of drug-likeness (QED) is 0.745. The first-order valence-corrected chi connectivity index (χ1v) is 9.77. The smallest absolute Gasteiger partial charge is 0.234 e. The van der Waals surface area contributed by atoms with E-state index in [1.165, 1.54) is 24.3 Å². The van der Waals surface area contributed by atoms with Gasteiger partial charge in [-0.15, -0.1) is 0 Å². The summed E-state index contributed by atoms with van der Waals surface area (Å²) in [5, 5.41) is 13.6. The first-order valence-electron chi connectivity index (χ1n) is 9.77. The fourth-order valence-electron chi connectivity index (χ4n) is 3.42. The van der Waals surface area contributed by atoms with Crippen molar-refractivity contribution in [3.05, 3.63) is 65.7 Å². The third kappa shape index (κ3) is 6.51. The van der Waals surface area contributed by atoms with Crippen LogP contribution in [0.3, 0.4) is 0 Å². The van der Waals surface area contributed by atoms with E-state index in [4.69, 9.17) is 4.74 Å². The number of aliphatic hydroxyl groups is 1. The van der Waals surface area contributed by atoms with E-state index in [9.17, 15) is 18.7 Å². The maximum absolute atomic E-state index is 13.7. The molecule has 5 nitrogen and oxygen atoms in total. The minimum atomic E-state index is -1.06. The molecule has 0 unspecified atom stereocenters. The number of nitrogens with one attached hydrogen (secondary N) is 1. The van der Waals surface area contributed by atoms with Gasteiger partial charge in [0.2, 0.25) is 5.91 Å². The third-order valence-electron chi connectivity index (χ3n) is 5.09. The van der Waals surface area contributed by atoms with Crippen LogP contribution in [0, 0.1) is 11.6 Å².